The molecule has 2 rings (SSSR count). The van der Waals surface area contributed by atoms with Crippen LogP contribution in [-0.2, 0) is 0 Å². The highest BCUT2D eigenvalue weighted by molar-refractivity contribution is 4.86. The summed E-state index contributed by atoms with van der Waals surface area (Å²) in [5.41, 5.74) is 0. The Morgan fingerprint density at radius 2 is 1.79 bits per heavy atom. The lowest BCUT2D eigenvalue weighted by Gasteiger charge is -2.42. The number of nitrogens with one attached hydrogen (secondary N) is 1. The number of rotatable bonds is 7. The normalized spacial score (nSPS) is 26.7. The quantitative estimate of drug-likeness (QED) is 0.705. The van der Waals surface area contributed by atoms with Crippen LogP contribution in [0.2, 0.25) is 0 Å². The van der Waals surface area contributed by atoms with Gasteiger partial charge < -0.3 is 5.32 Å². The zero-order valence-corrected chi connectivity index (χ0v) is 13.0. The molecule has 1 aliphatic heterocycles. The van der Waals surface area contributed by atoms with Crippen LogP contribution in [0.3, 0.4) is 0 Å². The Morgan fingerprint density at radius 3 is 2.58 bits per heavy atom. The molecule has 1 atom stereocenters. The first-order valence-corrected chi connectivity index (χ1v) is 8.86. The summed E-state index contributed by atoms with van der Waals surface area (Å²) in [5.74, 6) is 0.984. The van der Waals surface area contributed by atoms with E-state index in [0.717, 1.165) is 12.0 Å². The molecule has 1 heterocycles. The van der Waals surface area contributed by atoms with Crippen molar-refractivity contribution in [3.8, 4) is 0 Å². The van der Waals surface area contributed by atoms with Crippen molar-refractivity contribution in [2.75, 3.05) is 26.2 Å². The second kappa shape index (κ2) is 8.97. The molecule has 2 nitrogen and oxygen atoms in total. The number of hydrogen-bond acceptors (Lipinski definition) is 2. The summed E-state index contributed by atoms with van der Waals surface area (Å²) in [6, 6.07) is 0.847. The van der Waals surface area contributed by atoms with Crippen LogP contribution in [0.15, 0.2) is 0 Å². The van der Waals surface area contributed by atoms with Crippen molar-refractivity contribution in [3.63, 3.8) is 0 Å². The lowest BCUT2D eigenvalue weighted by atomic mass is 9.82. The Morgan fingerprint density at radius 1 is 1.00 bits per heavy atom. The summed E-state index contributed by atoms with van der Waals surface area (Å²) >= 11 is 0. The average Bonchev–Trinajstić information content (AvgIpc) is 2.48. The first-order chi connectivity index (χ1) is 9.42. The highest BCUT2D eigenvalue weighted by Gasteiger charge is 2.30. The SMILES string of the molecule is CCCCCCCN1CCNCC1C1CCCCC1. The van der Waals surface area contributed by atoms with Gasteiger partial charge in [0.2, 0.25) is 0 Å². The molecule has 19 heavy (non-hydrogen) atoms. The van der Waals surface area contributed by atoms with Crippen molar-refractivity contribution >= 4 is 0 Å². The second-order valence-corrected chi connectivity index (χ2v) is 6.62. The Labute approximate surface area is 120 Å². The van der Waals surface area contributed by atoms with Gasteiger partial charge in [0, 0.05) is 25.7 Å². The van der Waals surface area contributed by atoms with E-state index in [1.54, 1.807) is 0 Å². The smallest absolute Gasteiger partial charge is 0.0249 e. The third kappa shape index (κ3) is 5.07. The van der Waals surface area contributed by atoms with E-state index in [0.29, 0.717) is 0 Å². The summed E-state index contributed by atoms with van der Waals surface area (Å²) < 4.78 is 0. The van der Waals surface area contributed by atoms with Crippen molar-refractivity contribution in [3.05, 3.63) is 0 Å². The minimum absolute atomic E-state index is 0.847. The molecule has 0 aromatic rings. The Bertz CT molecular complexity index is 223. The molecule has 2 heteroatoms. The van der Waals surface area contributed by atoms with Crippen molar-refractivity contribution in [2.24, 2.45) is 5.92 Å². The van der Waals surface area contributed by atoms with Gasteiger partial charge in [0.25, 0.3) is 0 Å². The first-order valence-electron chi connectivity index (χ1n) is 8.86. The lowest BCUT2D eigenvalue weighted by Crippen LogP contribution is -2.54. The van der Waals surface area contributed by atoms with E-state index in [4.69, 9.17) is 0 Å². The van der Waals surface area contributed by atoms with E-state index in [1.165, 1.54) is 90.4 Å². The zero-order chi connectivity index (χ0) is 13.3. The summed E-state index contributed by atoms with van der Waals surface area (Å²) in [6.07, 6.45) is 14.5. The molecule has 1 N–H and O–H groups in total. The van der Waals surface area contributed by atoms with E-state index >= 15 is 0 Å². The number of hydrogen-bond donors (Lipinski definition) is 1. The molecule has 1 saturated heterocycles. The maximum atomic E-state index is 3.63. The molecule has 1 unspecified atom stereocenters. The molecule has 1 saturated carbocycles. The molecule has 0 amide bonds. The van der Waals surface area contributed by atoms with Gasteiger partial charge in [-0.15, -0.1) is 0 Å². The first kappa shape index (κ1) is 15.3. The monoisotopic (exact) mass is 266 g/mol. The predicted octanol–water partition coefficient (Wildman–Crippen LogP) is 3.81. The van der Waals surface area contributed by atoms with Gasteiger partial charge in [-0.2, -0.15) is 0 Å². The van der Waals surface area contributed by atoms with E-state index in [9.17, 15) is 0 Å². The van der Waals surface area contributed by atoms with Crippen molar-refractivity contribution in [1.29, 1.82) is 0 Å². The lowest BCUT2D eigenvalue weighted by molar-refractivity contribution is 0.0907. The molecule has 1 aliphatic carbocycles. The van der Waals surface area contributed by atoms with Gasteiger partial charge in [0.05, 0.1) is 0 Å². The minimum Gasteiger partial charge on any atom is -0.314 e. The number of nitrogens with zero attached hydrogens (tertiary/aromatic N) is 1. The fourth-order valence-electron chi connectivity index (χ4n) is 3.95. The van der Waals surface area contributed by atoms with Crippen LogP contribution in [0.1, 0.15) is 71.1 Å². The van der Waals surface area contributed by atoms with Gasteiger partial charge in [0.1, 0.15) is 0 Å². The Kier molecular flexibility index (Phi) is 7.23. The van der Waals surface area contributed by atoms with Crippen LogP contribution in [-0.4, -0.2) is 37.1 Å². The van der Waals surface area contributed by atoms with Crippen molar-refractivity contribution < 1.29 is 0 Å². The summed E-state index contributed by atoms with van der Waals surface area (Å²) in [5, 5.41) is 3.63. The molecule has 0 bridgehead atoms. The van der Waals surface area contributed by atoms with Crippen molar-refractivity contribution in [2.45, 2.75) is 77.2 Å². The van der Waals surface area contributed by atoms with Crippen LogP contribution in [0, 0.1) is 5.92 Å². The maximum Gasteiger partial charge on any atom is 0.0249 e. The summed E-state index contributed by atoms with van der Waals surface area (Å²) in [6.45, 7) is 7.40. The third-order valence-electron chi connectivity index (χ3n) is 5.14. The molecule has 2 fully saturated rings. The summed E-state index contributed by atoms with van der Waals surface area (Å²) in [4.78, 5) is 2.82. The maximum absolute atomic E-state index is 3.63. The minimum atomic E-state index is 0.847. The fraction of sp³-hybridized carbons (Fsp3) is 1.00. The van der Waals surface area contributed by atoms with Crippen LogP contribution in [0.25, 0.3) is 0 Å². The fourth-order valence-corrected chi connectivity index (χ4v) is 3.95. The zero-order valence-electron chi connectivity index (χ0n) is 13.0. The Hall–Kier alpha value is -0.0800. The third-order valence-corrected chi connectivity index (χ3v) is 5.14. The van der Waals surface area contributed by atoms with E-state index in [-0.39, 0.29) is 0 Å². The molecule has 2 aliphatic rings. The van der Waals surface area contributed by atoms with Crippen molar-refractivity contribution in [1.82, 2.24) is 10.2 Å². The molecular weight excluding hydrogens is 232 g/mol. The summed E-state index contributed by atoms with van der Waals surface area (Å²) in [7, 11) is 0. The van der Waals surface area contributed by atoms with Crippen LogP contribution in [0.5, 0.6) is 0 Å². The van der Waals surface area contributed by atoms with Gasteiger partial charge in [-0.05, 0) is 31.7 Å². The van der Waals surface area contributed by atoms with Gasteiger partial charge in [-0.1, -0.05) is 51.9 Å². The highest BCUT2D eigenvalue weighted by atomic mass is 15.2. The van der Waals surface area contributed by atoms with Crippen LogP contribution in [0.4, 0.5) is 0 Å². The Balaban J connectivity index is 1.72. The molecule has 0 aromatic carbocycles. The van der Waals surface area contributed by atoms with Gasteiger partial charge in [-0.25, -0.2) is 0 Å². The largest absolute Gasteiger partial charge is 0.314 e. The number of unbranched alkanes of at least 4 members (excludes halogenated alkanes) is 4. The molecular formula is C17H34N2. The highest BCUT2D eigenvalue weighted by Crippen LogP contribution is 2.29. The van der Waals surface area contributed by atoms with E-state index in [1.807, 2.05) is 0 Å². The molecule has 0 spiro atoms. The van der Waals surface area contributed by atoms with Crippen LogP contribution >= 0.6 is 0 Å². The number of piperazine rings is 1. The van der Waals surface area contributed by atoms with E-state index in [2.05, 4.69) is 17.1 Å². The molecule has 0 radical (unpaired) electrons. The van der Waals surface area contributed by atoms with E-state index < -0.39 is 0 Å². The topological polar surface area (TPSA) is 15.3 Å². The molecule has 0 aromatic heterocycles. The van der Waals surface area contributed by atoms with Gasteiger partial charge in [0.15, 0.2) is 0 Å². The van der Waals surface area contributed by atoms with Gasteiger partial charge in [-0.3, -0.25) is 4.90 Å². The standard InChI is InChI=1S/C17H34N2/c1-2-3-4-5-9-13-19-14-12-18-15-17(19)16-10-7-6-8-11-16/h16-18H,2-15H2,1H3. The average molecular weight is 266 g/mol. The second-order valence-electron chi connectivity index (χ2n) is 6.62. The van der Waals surface area contributed by atoms with Gasteiger partial charge >= 0.3 is 0 Å². The predicted molar refractivity (Wildman–Crippen MR) is 83.6 cm³/mol. The molecule has 112 valence electrons. The van der Waals surface area contributed by atoms with Crippen LogP contribution < -0.4 is 5.32 Å².